The van der Waals surface area contributed by atoms with Crippen molar-refractivity contribution in [3.8, 4) is 0 Å². The van der Waals surface area contributed by atoms with E-state index in [1.54, 1.807) is 0 Å². The van der Waals surface area contributed by atoms with Crippen LogP contribution in [0, 0.1) is 0 Å². The fourth-order valence-electron chi connectivity index (χ4n) is 1.88. The predicted molar refractivity (Wildman–Crippen MR) is 89.7 cm³/mol. The van der Waals surface area contributed by atoms with Crippen LogP contribution in [0.1, 0.15) is 0 Å². The van der Waals surface area contributed by atoms with Crippen molar-refractivity contribution < 1.29 is 0 Å². The number of benzene rings is 2. The molecule has 0 radical (unpaired) electrons. The number of nitrogens with one attached hydrogen (secondary N) is 1. The Bertz CT molecular complexity index is 792. The van der Waals surface area contributed by atoms with E-state index in [4.69, 9.17) is 11.6 Å². The summed E-state index contributed by atoms with van der Waals surface area (Å²) in [4.78, 5) is 0. The number of nitrogens with zero attached hydrogens (tertiary/aromatic N) is 2. The highest BCUT2D eigenvalue weighted by molar-refractivity contribution is 9.11. The maximum Gasteiger partial charge on any atom is 0.161 e. The molecule has 3 nitrogen and oxygen atoms in total. The van der Waals surface area contributed by atoms with E-state index in [1.807, 2.05) is 42.5 Å². The van der Waals surface area contributed by atoms with Gasteiger partial charge in [0, 0.05) is 19.7 Å². The third-order valence-corrected chi connectivity index (χ3v) is 4.25. The summed E-state index contributed by atoms with van der Waals surface area (Å²) in [5, 5.41) is 13.6. The monoisotopic (exact) mass is 411 g/mol. The van der Waals surface area contributed by atoms with Gasteiger partial charge in [-0.15, -0.1) is 10.2 Å². The van der Waals surface area contributed by atoms with Gasteiger partial charge in [-0.3, -0.25) is 0 Å². The molecule has 1 aromatic heterocycles. The lowest BCUT2D eigenvalue weighted by Gasteiger charge is -2.10. The van der Waals surface area contributed by atoms with E-state index in [1.165, 1.54) is 0 Å². The second kappa shape index (κ2) is 5.68. The van der Waals surface area contributed by atoms with Gasteiger partial charge in [0.2, 0.25) is 0 Å². The van der Waals surface area contributed by atoms with E-state index in [2.05, 4.69) is 47.4 Å². The van der Waals surface area contributed by atoms with Crippen LogP contribution in [0.4, 0.5) is 11.5 Å². The highest BCUT2D eigenvalue weighted by Crippen LogP contribution is 2.32. The molecule has 0 fully saturated rings. The average molecular weight is 414 g/mol. The first-order valence-corrected chi connectivity index (χ1v) is 7.74. The van der Waals surface area contributed by atoms with Crippen molar-refractivity contribution in [3.05, 3.63) is 56.6 Å². The fraction of sp³-hybridized carbons (Fsp3) is 0. The number of halogens is 3. The molecule has 6 heteroatoms. The first kappa shape index (κ1) is 13.8. The highest BCUT2D eigenvalue weighted by Gasteiger charge is 2.09. The molecule has 0 atom stereocenters. The van der Waals surface area contributed by atoms with Crippen molar-refractivity contribution in [3.63, 3.8) is 0 Å². The van der Waals surface area contributed by atoms with Crippen LogP contribution in [0.2, 0.25) is 5.15 Å². The number of anilines is 2. The zero-order valence-corrected chi connectivity index (χ0v) is 14.0. The van der Waals surface area contributed by atoms with Crippen molar-refractivity contribution in [1.82, 2.24) is 10.2 Å². The molecule has 1 N–H and O–H groups in total. The Morgan fingerprint density at radius 1 is 0.950 bits per heavy atom. The highest BCUT2D eigenvalue weighted by atomic mass is 79.9. The third-order valence-electron chi connectivity index (χ3n) is 2.83. The van der Waals surface area contributed by atoms with Crippen LogP contribution in [-0.2, 0) is 0 Å². The van der Waals surface area contributed by atoms with Crippen LogP contribution >= 0.6 is 43.5 Å². The fourth-order valence-corrected chi connectivity index (χ4v) is 3.23. The number of rotatable bonds is 2. The molecule has 0 aliphatic carbocycles. The summed E-state index contributed by atoms with van der Waals surface area (Å²) >= 11 is 13.0. The van der Waals surface area contributed by atoms with Gasteiger partial charge in [0.1, 0.15) is 0 Å². The summed E-state index contributed by atoms with van der Waals surface area (Å²) < 4.78 is 1.94. The standard InChI is InChI=1S/C14H8Br2ClN3/c15-8-5-6-12(11(16)7-8)18-14-10-4-2-1-3-9(10)13(17)19-20-14/h1-7H,(H,18,20). The molecule has 0 saturated heterocycles. The van der Waals surface area contributed by atoms with Gasteiger partial charge in [-0.2, -0.15) is 0 Å². The minimum absolute atomic E-state index is 0.404. The summed E-state index contributed by atoms with van der Waals surface area (Å²) in [5.74, 6) is 0.674. The minimum atomic E-state index is 0.404. The van der Waals surface area contributed by atoms with Crippen LogP contribution in [0.25, 0.3) is 10.8 Å². The van der Waals surface area contributed by atoms with E-state index >= 15 is 0 Å². The summed E-state index contributed by atoms with van der Waals surface area (Å²) in [5.41, 5.74) is 0.912. The number of aromatic nitrogens is 2. The van der Waals surface area contributed by atoms with Gasteiger partial charge in [0.05, 0.1) is 5.69 Å². The molecule has 1 heterocycles. The first-order valence-electron chi connectivity index (χ1n) is 5.78. The van der Waals surface area contributed by atoms with Gasteiger partial charge in [0.15, 0.2) is 11.0 Å². The number of fused-ring (bicyclic) bond motifs is 1. The molecule has 0 bridgehead atoms. The second-order valence-electron chi connectivity index (χ2n) is 4.13. The minimum Gasteiger partial charge on any atom is -0.337 e. The van der Waals surface area contributed by atoms with Crippen LogP contribution in [0.3, 0.4) is 0 Å². The molecule has 0 unspecified atom stereocenters. The van der Waals surface area contributed by atoms with Crippen LogP contribution in [0.5, 0.6) is 0 Å². The van der Waals surface area contributed by atoms with Crippen LogP contribution < -0.4 is 5.32 Å². The Morgan fingerprint density at radius 3 is 2.45 bits per heavy atom. The van der Waals surface area contributed by atoms with E-state index in [0.29, 0.717) is 11.0 Å². The first-order chi connectivity index (χ1) is 9.65. The summed E-state index contributed by atoms with van der Waals surface area (Å²) in [6, 6.07) is 13.6. The molecule has 3 aromatic rings. The molecule has 3 rings (SSSR count). The average Bonchev–Trinajstić information content (AvgIpc) is 2.45. The SMILES string of the molecule is Clc1nnc(Nc2ccc(Br)cc2Br)c2ccccc12. The largest absolute Gasteiger partial charge is 0.337 e. The Labute approximate surface area is 137 Å². The van der Waals surface area contributed by atoms with Gasteiger partial charge in [0.25, 0.3) is 0 Å². The summed E-state index contributed by atoms with van der Waals surface area (Å²) in [7, 11) is 0. The molecule has 100 valence electrons. The van der Waals surface area contributed by atoms with Gasteiger partial charge >= 0.3 is 0 Å². The predicted octanol–water partition coefficient (Wildman–Crippen LogP) is 5.55. The molecule has 0 spiro atoms. The molecule has 0 amide bonds. The lowest BCUT2D eigenvalue weighted by atomic mass is 10.2. The van der Waals surface area contributed by atoms with Crippen LogP contribution in [-0.4, -0.2) is 10.2 Å². The van der Waals surface area contributed by atoms with Crippen LogP contribution in [0.15, 0.2) is 51.4 Å². The zero-order chi connectivity index (χ0) is 14.1. The van der Waals surface area contributed by atoms with Gasteiger partial charge in [-0.05, 0) is 34.1 Å². The number of hydrogen-bond acceptors (Lipinski definition) is 3. The quantitative estimate of drug-likeness (QED) is 0.598. The molecule has 2 aromatic carbocycles. The van der Waals surface area contributed by atoms with Gasteiger partial charge in [-0.1, -0.05) is 51.8 Å². The second-order valence-corrected chi connectivity index (χ2v) is 6.26. The van der Waals surface area contributed by atoms with Crippen molar-refractivity contribution >= 4 is 65.7 Å². The Morgan fingerprint density at radius 2 is 1.70 bits per heavy atom. The molecular weight excluding hydrogens is 405 g/mol. The topological polar surface area (TPSA) is 37.8 Å². The maximum atomic E-state index is 6.07. The van der Waals surface area contributed by atoms with Crippen molar-refractivity contribution in [1.29, 1.82) is 0 Å². The summed E-state index contributed by atoms with van der Waals surface area (Å²) in [6.07, 6.45) is 0. The number of hydrogen-bond donors (Lipinski definition) is 1. The molecule has 0 aliphatic rings. The van der Waals surface area contributed by atoms with E-state index in [-0.39, 0.29) is 0 Å². The molecular formula is C14H8Br2ClN3. The van der Waals surface area contributed by atoms with Crippen molar-refractivity contribution in [2.75, 3.05) is 5.32 Å². The van der Waals surface area contributed by atoms with E-state index in [9.17, 15) is 0 Å². The van der Waals surface area contributed by atoms with E-state index in [0.717, 1.165) is 25.4 Å². The van der Waals surface area contributed by atoms with Crippen molar-refractivity contribution in [2.45, 2.75) is 0 Å². The third kappa shape index (κ3) is 2.66. The zero-order valence-electron chi connectivity index (χ0n) is 10.1. The summed E-state index contributed by atoms with van der Waals surface area (Å²) in [6.45, 7) is 0. The Hall–Kier alpha value is -1.17. The normalized spacial score (nSPS) is 10.8. The van der Waals surface area contributed by atoms with E-state index < -0.39 is 0 Å². The maximum absolute atomic E-state index is 6.07. The van der Waals surface area contributed by atoms with Crippen molar-refractivity contribution in [2.24, 2.45) is 0 Å². The Kier molecular flexibility index (Phi) is 3.92. The Balaban J connectivity index is 2.09. The molecule has 0 saturated carbocycles. The molecule has 20 heavy (non-hydrogen) atoms. The molecule has 0 aliphatic heterocycles. The lowest BCUT2D eigenvalue weighted by Crippen LogP contribution is -1.98. The smallest absolute Gasteiger partial charge is 0.161 e. The van der Waals surface area contributed by atoms with Gasteiger partial charge < -0.3 is 5.32 Å². The lowest BCUT2D eigenvalue weighted by molar-refractivity contribution is 1.05. The van der Waals surface area contributed by atoms with Gasteiger partial charge in [-0.25, -0.2) is 0 Å².